The first-order chi connectivity index (χ1) is 13.7. The molecule has 0 fully saturated rings. The molecular formula is C21H26N2O5S. The zero-order valence-corrected chi connectivity index (χ0v) is 17.8. The summed E-state index contributed by atoms with van der Waals surface area (Å²) in [4.78, 5) is 25.2. The summed E-state index contributed by atoms with van der Waals surface area (Å²) in [5.74, 6) is -1.09. The second kappa shape index (κ2) is 9.56. The minimum absolute atomic E-state index is 0.202. The molecule has 1 amide bonds. The topological polar surface area (TPSA) is 92.8 Å². The Morgan fingerprint density at radius 3 is 2.24 bits per heavy atom. The number of carbonyl (C=O) groups is 2. The summed E-state index contributed by atoms with van der Waals surface area (Å²) in [6.07, 6.45) is 1.31. The molecular weight excluding hydrogens is 392 g/mol. The lowest BCUT2D eigenvalue weighted by atomic mass is 10.1. The van der Waals surface area contributed by atoms with Crippen molar-refractivity contribution in [1.82, 2.24) is 0 Å². The van der Waals surface area contributed by atoms with Crippen molar-refractivity contribution in [3.63, 3.8) is 0 Å². The first-order valence-corrected chi connectivity index (χ1v) is 11.2. The van der Waals surface area contributed by atoms with E-state index in [1.54, 1.807) is 62.4 Å². The van der Waals surface area contributed by atoms with E-state index in [0.717, 1.165) is 16.1 Å². The summed E-state index contributed by atoms with van der Waals surface area (Å²) in [7, 11) is -3.73. The Kier molecular flexibility index (Phi) is 7.39. The van der Waals surface area contributed by atoms with E-state index < -0.39 is 27.9 Å². The molecule has 0 bridgehead atoms. The smallest absolute Gasteiger partial charge is 0.340 e. The minimum atomic E-state index is -3.73. The Morgan fingerprint density at radius 2 is 1.69 bits per heavy atom. The van der Waals surface area contributed by atoms with Gasteiger partial charge in [-0.2, -0.15) is 0 Å². The van der Waals surface area contributed by atoms with Crippen LogP contribution in [-0.2, 0) is 19.6 Å². The van der Waals surface area contributed by atoms with Crippen molar-refractivity contribution in [2.45, 2.75) is 33.2 Å². The number of carbonyl (C=O) groups excluding carboxylic acids is 2. The Hall–Kier alpha value is -2.87. The van der Waals surface area contributed by atoms with Gasteiger partial charge in [-0.3, -0.25) is 9.10 Å². The first-order valence-electron chi connectivity index (χ1n) is 9.32. The highest BCUT2D eigenvalue weighted by Crippen LogP contribution is 2.24. The molecule has 1 atom stereocenters. The molecule has 156 valence electrons. The zero-order chi connectivity index (χ0) is 21.6. The molecule has 2 aromatic carbocycles. The molecule has 0 saturated carbocycles. The molecule has 7 nitrogen and oxygen atoms in total. The van der Waals surface area contributed by atoms with Crippen LogP contribution < -0.4 is 9.62 Å². The van der Waals surface area contributed by atoms with Gasteiger partial charge in [-0.1, -0.05) is 36.8 Å². The third-order valence-corrected chi connectivity index (χ3v) is 5.48. The maximum Gasteiger partial charge on any atom is 0.340 e. The van der Waals surface area contributed by atoms with E-state index in [1.165, 1.54) is 0 Å². The van der Waals surface area contributed by atoms with Crippen molar-refractivity contribution >= 4 is 33.3 Å². The van der Waals surface area contributed by atoms with Gasteiger partial charge in [-0.15, -0.1) is 0 Å². The number of nitrogens with one attached hydrogen (secondary N) is 1. The van der Waals surface area contributed by atoms with Crippen LogP contribution in [0.5, 0.6) is 0 Å². The van der Waals surface area contributed by atoms with Gasteiger partial charge in [-0.05, 0) is 44.5 Å². The Labute approximate surface area is 171 Å². The van der Waals surface area contributed by atoms with Crippen LogP contribution in [-0.4, -0.2) is 39.2 Å². The summed E-state index contributed by atoms with van der Waals surface area (Å²) < 4.78 is 31.1. The largest absolute Gasteiger partial charge is 0.462 e. The van der Waals surface area contributed by atoms with Crippen LogP contribution in [0.15, 0.2) is 48.5 Å². The van der Waals surface area contributed by atoms with Crippen molar-refractivity contribution in [2.24, 2.45) is 0 Å². The van der Waals surface area contributed by atoms with Gasteiger partial charge in [0.25, 0.3) is 0 Å². The van der Waals surface area contributed by atoms with Crippen LogP contribution in [0.1, 0.15) is 36.2 Å². The van der Waals surface area contributed by atoms with Crippen molar-refractivity contribution in [3.8, 4) is 0 Å². The normalized spacial score (nSPS) is 12.1. The van der Waals surface area contributed by atoms with Gasteiger partial charge in [0.2, 0.25) is 15.9 Å². The van der Waals surface area contributed by atoms with Crippen molar-refractivity contribution < 1.29 is 22.7 Å². The van der Waals surface area contributed by atoms with E-state index in [2.05, 4.69) is 5.32 Å². The first kappa shape index (κ1) is 22.4. The third-order valence-electron chi connectivity index (χ3n) is 4.30. The van der Waals surface area contributed by atoms with Crippen molar-refractivity contribution in [1.29, 1.82) is 0 Å². The second-order valence-electron chi connectivity index (χ2n) is 6.57. The van der Waals surface area contributed by atoms with Crippen LogP contribution in [0, 0.1) is 6.92 Å². The van der Waals surface area contributed by atoms with E-state index in [9.17, 15) is 18.0 Å². The SMILES string of the molecule is CCOC(=O)c1ccccc1NC(=O)[C@@H](CC)N(c1ccc(C)cc1)S(C)(=O)=O. The molecule has 1 N–H and O–H groups in total. The highest BCUT2D eigenvalue weighted by Gasteiger charge is 2.32. The monoisotopic (exact) mass is 418 g/mol. The van der Waals surface area contributed by atoms with Gasteiger partial charge in [-0.25, -0.2) is 13.2 Å². The third kappa shape index (κ3) is 5.57. The lowest BCUT2D eigenvalue weighted by Crippen LogP contribution is -2.47. The number of nitrogens with zero attached hydrogens (tertiary/aromatic N) is 1. The fourth-order valence-corrected chi connectivity index (χ4v) is 4.16. The molecule has 0 aromatic heterocycles. The van der Waals surface area contributed by atoms with Gasteiger partial charge < -0.3 is 10.1 Å². The summed E-state index contributed by atoms with van der Waals surface area (Å²) in [6.45, 7) is 5.52. The van der Waals surface area contributed by atoms with Gasteiger partial charge in [0, 0.05) is 0 Å². The Bertz CT molecular complexity index is 971. The van der Waals surface area contributed by atoms with Crippen molar-refractivity contribution in [3.05, 3.63) is 59.7 Å². The van der Waals surface area contributed by atoms with Crippen LogP contribution in [0.25, 0.3) is 0 Å². The second-order valence-corrected chi connectivity index (χ2v) is 8.43. The predicted octanol–water partition coefficient (Wildman–Crippen LogP) is 3.36. The van der Waals surface area contributed by atoms with Gasteiger partial charge in [0.05, 0.1) is 29.8 Å². The number of hydrogen-bond acceptors (Lipinski definition) is 5. The average Bonchev–Trinajstić information content (AvgIpc) is 2.66. The van der Waals surface area contributed by atoms with E-state index >= 15 is 0 Å². The number of esters is 1. The van der Waals surface area contributed by atoms with E-state index in [4.69, 9.17) is 4.74 Å². The average molecular weight is 419 g/mol. The predicted molar refractivity (Wildman–Crippen MR) is 114 cm³/mol. The molecule has 0 aliphatic carbocycles. The maximum atomic E-state index is 13.0. The molecule has 8 heteroatoms. The van der Waals surface area contributed by atoms with Crippen molar-refractivity contribution in [2.75, 3.05) is 22.5 Å². The number of ether oxygens (including phenoxy) is 1. The molecule has 0 aliphatic heterocycles. The summed E-state index contributed by atoms with van der Waals surface area (Å²) in [6, 6.07) is 12.4. The number of benzene rings is 2. The number of amides is 1. The molecule has 29 heavy (non-hydrogen) atoms. The summed E-state index contributed by atoms with van der Waals surface area (Å²) in [5.41, 5.74) is 1.85. The Morgan fingerprint density at radius 1 is 1.07 bits per heavy atom. The standard InChI is InChI=1S/C21H26N2O5S/c1-5-19(23(29(4,26)27)16-13-11-15(3)12-14-16)20(24)22-18-10-8-7-9-17(18)21(25)28-6-2/h7-14,19H,5-6H2,1-4H3,(H,22,24)/t19-/m1/s1. The minimum Gasteiger partial charge on any atom is -0.462 e. The van der Waals surface area contributed by atoms with Crippen LogP contribution >= 0.6 is 0 Å². The number of hydrogen-bond donors (Lipinski definition) is 1. The number of sulfonamides is 1. The zero-order valence-electron chi connectivity index (χ0n) is 17.0. The number of para-hydroxylation sites is 1. The quantitative estimate of drug-likeness (QED) is 0.664. The highest BCUT2D eigenvalue weighted by atomic mass is 32.2. The molecule has 0 unspecified atom stereocenters. The number of anilines is 2. The fourth-order valence-electron chi connectivity index (χ4n) is 2.95. The van der Waals surface area contributed by atoms with Gasteiger partial charge in [0.1, 0.15) is 6.04 Å². The lowest BCUT2D eigenvalue weighted by molar-refractivity contribution is -0.117. The van der Waals surface area contributed by atoms with E-state index in [1.807, 2.05) is 6.92 Å². The van der Waals surface area contributed by atoms with Crippen LogP contribution in [0.4, 0.5) is 11.4 Å². The van der Waals surface area contributed by atoms with Crippen LogP contribution in [0.3, 0.4) is 0 Å². The Balaban J connectivity index is 2.39. The lowest BCUT2D eigenvalue weighted by Gasteiger charge is -2.30. The maximum absolute atomic E-state index is 13.0. The highest BCUT2D eigenvalue weighted by molar-refractivity contribution is 7.92. The van der Waals surface area contributed by atoms with E-state index in [0.29, 0.717) is 5.69 Å². The summed E-state index contributed by atoms with van der Waals surface area (Å²) in [5, 5.41) is 2.69. The fraction of sp³-hybridized carbons (Fsp3) is 0.333. The number of rotatable bonds is 8. The summed E-state index contributed by atoms with van der Waals surface area (Å²) >= 11 is 0. The van der Waals surface area contributed by atoms with Gasteiger partial charge >= 0.3 is 5.97 Å². The van der Waals surface area contributed by atoms with E-state index in [-0.39, 0.29) is 24.3 Å². The van der Waals surface area contributed by atoms with Gasteiger partial charge in [0.15, 0.2) is 0 Å². The molecule has 2 aromatic rings. The molecule has 2 rings (SSSR count). The van der Waals surface area contributed by atoms with Crippen LogP contribution in [0.2, 0.25) is 0 Å². The molecule has 0 heterocycles. The molecule has 0 spiro atoms. The molecule has 0 radical (unpaired) electrons. The molecule has 0 saturated heterocycles. The number of aryl methyl sites for hydroxylation is 1. The molecule has 0 aliphatic rings.